The van der Waals surface area contributed by atoms with Crippen LogP contribution in [0.15, 0.2) is 32.5 Å². The van der Waals surface area contributed by atoms with Gasteiger partial charge in [0, 0.05) is 15.4 Å². The zero-order valence-corrected chi connectivity index (χ0v) is 12.7. The van der Waals surface area contributed by atoms with Gasteiger partial charge in [-0.3, -0.25) is 4.79 Å². The average Bonchev–Trinajstić information content (AvgIpc) is 2.59. The zero-order chi connectivity index (χ0) is 12.6. The van der Waals surface area contributed by atoms with E-state index in [-0.39, 0.29) is 11.6 Å². The van der Waals surface area contributed by atoms with Gasteiger partial charge in [0.2, 0.25) is 5.78 Å². The molecule has 0 unspecified atom stereocenters. The molecular weight excluding hydrogens is 371 g/mol. The Labute approximate surface area is 119 Å². The molecule has 0 aliphatic heterocycles. The Morgan fingerprint density at radius 1 is 1.35 bits per heavy atom. The molecule has 0 saturated carbocycles. The van der Waals surface area contributed by atoms with Crippen LogP contribution in [-0.4, -0.2) is 5.78 Å². The second-order valence-corrected chi connectivity index (χ2v) is 6.04. The number of halogens is 3. The summed E-state index contributed by atoms with van der Waals surface area (Å²) in [5.41, 5.74) is 1.17. The van der Waals surface area contributed by atoms with Crippen molar-refractivity contribution in [3.63, 3.8) is 0 Å². The highest BCUT2D eigenvalue weighted by molar-refractivity contribution is 9.13. The van der Waals surface area contributed by atoms with Crippen LogP contribution in [0.4, 0.5) is 4.39 Å². The largest absolute Gasteiger partial charge is 0.288 e. The van der Waals surface area contributed by atoms with Crippen LogP contribution in [0.2, 0.25) is 0 Å². The SMILES string of the molecule is Cc1cc(F)ccc1C(=O)c1scc(Br)c1Br. The van der Waals surface area contributed by atoms with E-state index < -0.39 is 0 Å². The fourth-order valence-corrected chi connectivity index (χ4v) is 3.59. The van der Waals surface area contributed by atoms with E-state index in [2.05, 4.69) is 31.9 Å². The monoisotopic (exact) mass is 376 g/mol. The van der Waals surface area contributed by atoms with Gasteiger partial charge in [0.15, 0.2) is 0 Å². The average molecular weight is 378 g/mol. The van der Waals surface area contributed by atoms with Crippen LogP contribution < -0.4 is 0 Å². The molecular formula is C12H7Br2FOS. The first kappa shape index (κ1) is 12.9. The molecule has 0 amide bonds. The Balaban J connectivity index is 2.47. The summed E-state index contributed by atoms with van der Waals surface area (Å²) in [5, 5.41) is 1.84. The lowest BCUT2D eigenvalue weighted by Crippen LogP contribution is -2.02. The van der Waals surface area contributed by atoms with Gasteiger partial charge >= 0.3 is 0 Å². The van der Waals surface area contributed by atoms with Crippen molar-refractivity contribution in [2.24, 2.45) is 0 Å². The van der Waals surface area contributed by atoms with E-state index in [1.807, 2.05) is 5.38 Å². The number of rotatable bonds is 2. The van der Waals surface area contributed by atoms with Crippen molar-refractivity contribution in [1.29, 1.82) is 0 Å². The van der Waals surface area contributed by atoms with Gasteiger partial charge < -0.3 is 0 Å². The van der Waals surface area contributed by atoms with Crippen LogP contribution >= 0.6 is 43.2 Å². The summed E-state index contributed by atoms with van der Waals surface area (Å²) in [7, 11) is 0. The fourth-order valence-electron chi connectivity index (χ4n) is 1.48. The number of benzene rings is 1. The summed E-state index contributed by atoms with van der Waals surface area (Å²) in [4.78, 5) is 12.9. The molecule has 0 N–H and O–H groups in total. The van der Waals surface area contributed by atoms with E-state index in [9.17, 15) is 9.18 Å². The van der Waals surface area contributed by atoms with E-state index >= 15 is 0 Å². The second-order valence-electron chi connectivity index (χ2n) is 3.52. The van der Waals surface area contributed by atoms with Gasteiger partial charge in [-0.1, -0.05) is 0 Å². The minimum Gasteiger partial charge on any atom is -0.288 e. The Kier molecular flexibility index (Phi) is 3.80. The topological polar surface area (TPSA) is 17.1 Å². The molecule has 1 nitrogen and oxygen atoms in total. The maximum atomic E-state index is 13.0. The number of carbonyl (C=O) groups excluding carboxylic acids is 1. The molecule has 0 saturated heterocycles. The fraction of sp³-hybridized carbons (Fsp3) is 0.0833. The Hall–Kier alpha value is -0.520. The number of ketones is 1. The summed E-state index contributed by atoms with van der Waals surface area (Å²) in [6, 6.07) is 4.19. The van der Waals surface area contributed by atoms with Crippen molar-refractivity contribution in [1.82, 2.24) is 0 Å². The minimum atomic E-state index is -0.328. The number of hydrogen-bond donors (Lipinski definition) is 0. The standard InChI is InChI=1S/C12H7Br2FOS/c1-6-4-7(15)2-3-8(6)11(16)12-10(14)9(13)5-17-12/h2-5H,1H3. The van der Waals surface area contributed by atoms with Crippen LogP contribution in [0.1, 0.15) is 20.8 Å². The summed E-state index contributed by atoms with van der Waals surface area (Å²) in [6.07, 6.45) is 0. The molecule has 1 heterocycles. The molecule has 0 spiro atoms. The highest BCUT2D eigenvalue weighted by Crippen LogP contribution is 2.34. The Morgan fingerprint density at radius 3 is 2.59 bits per heavy atom. The Morgan fingerprint density at radius 2 is 2.06 bits per heavy atom. The van der Waals surface area contributed by atoms with Crippen molar-refractivity contribution < 1.29 is 9.18 Å². The maximum Gasteiger partial charge on any atom is 0.204 e. The molecule has 1 aromatic carbocycles. The first-order valence-corrected chi connectivity index (χ1v) is 7.20. The third-order valence-corrected chi connectivity index (χ3v) is 5.85. The second kappa shape index (κ2) is 5.00. The lowest BCUT2D eigenvalue weighted by molar-refractivity contribution is 0.104. The first-order chi connectivity index (χ1) is 8.00. The number of aryl methyl sites for hydroxylation is 1. The highest BCUT2D eigenvalue weighted by atomic mass is 79.9. The molecule has 1 aromatic heterocycles. The number of carbonyl (C=O) groups is 1. The molecule has 0 fully saturated rings. The predicted molar refractivity (Wildman–Crippen MR) is 74.3 cm³/mol. The third kappa shape index (κ3) is 2.51. The zero-order valence-electron chi connectivity index (χ0n) is 8.76. The van der Waals surface area contributed by atoms with E-state index in [0.29, 0.717) is 16.0 Å². The smallest absolute Gasteiger partial charge is 0.204 e. The summed E-state index contributed by atoms with van der Waals surface area (Å²) in [6.45, 7) is 1.73. The number of hydrogen-bond acceptors (Lipinski definition) is 2. The molecule has 0 aliphatic rings. The molecule has 17 heavy (non-hydrogen) atoms. The maximum absolute atomic E-state index is 13.0. The van der Waals surface area contributed by atoms with Crippen LogP contribution in [-0.2, 0) is 0 Å². The quantitative estimate of drug-likeness (QED) is 0.676. The molecule has 0 aliphatic carbocycles. The molecule has 88 valence electrons. The highest BCUT2D eigenvalue weighted by Gasteiger charge is 2.18. The predicted octanol–water partition coefficient (Wildman–Crippen LogP) is 4.95. The minimum absolute atomic E-state index is 0.0925. The van der Waals surface area contributed by atoms with Gasteiger partial charge in [-0.05, 0) is 62.5 Å². The van der Waals surface area contributed by atoms with Crippen LogP contribution in [0.25, 0.3) is 0 Å². The van der Waals surface area contributed by atoms with Gasteiger partial charge in [-0.15, -0.1) is 11.3 Å². The van der Waals surface area contributed by atoms with Crippen molar-refractivity contribution in [3.8, 4) is 0 Å². The molecule has 0 bridgehead atoms. The van der Waals surface area contributed by atoms with Gasteiger partial charge in [-0.2, -0.15) is 0 Å². The first-order valence-electron chi connectivity index (χ1n) is 4.74. The van der Waals surface area contributed by atoms with Crippen LogP contribution in [0.5, 0.6) is 0 Å². The van der Waals surface area contributed by atoms with Crippen molar-refractivity contribution >= 4 is 49.0 Å². The lowest BCUT2D eigenvalue weighted by Gasteiger charge is -2.03. The summed E-state index contributed by atoms with van der Waals surface area (Å²) < 4.78 is 14.6. The molecule has 2 rings (SSSR count). The van der Waals surface area contributed by atoms with E-state index in [0.717, 1.165) is 8.95 Å². The molecule has 0 radical (unpaired) electrons. The summed E-state index contributed by atoms with van der Waals surface area (Å²) in [5.74, 6) is -0.421. The van der Waals surface area contributed by atoms with Crippen molar-refractivity contribution in [2.45, 2.75) is 6.92 Å². The lowest BCUT2D eigenvalue weighted by atomic mass is 10.0. The normalized spacial score (nSPS) is 10.6. The molecule has 5 heteroatoms. The van der Waals surface area contributed by atoms with E-state index in [4.69, 9.17) is 0 Å². The molecule has 0 atom stereocenters. The van der Waals surface area contributed by atoms with Crippen molar-refractivity contribution in [3.05, 3.63) is 54.3 Å². The Bertz CT molecular complexity index is 592. The van der Waals surface area contributed by atoms with Crippen LogP contribution in [0.3, 0.4) is 0 Å². The van der Waals surface area contributed by atoms with Gasteiger partial charge in [0.25, 0.3) is 0 Å². The van der Waals surface area contributed by atoms with Gasteiger partial charge in [0.1, 0.15) is 5.82 Å². The van der Waals surface area contributed by atoms with E-state index in [1.165, 1.54) is 29.5 Å². The van der Waals surface area contributed by atoms with Crippen molar-refractivity contribution in [2.75, 3.05) is 0 Å². The molecule has 2 aromatic rings. The summed E-state index contributed by atoms with van der Waals surface area (Å²) >= 11 is 8.05. The number of thiophene rings is 1. The van der Waals surface area contributed by atoms with E-state index in [1.54, 1.807) is 6.92 Å². The van der Waals surface area contributed by atoms with Gasteiger partial charge in [-0.25, -0.2) is 4.39 Å². The van der Waals surface area contributed by atoms with Gasteiger partial charge in [0.05, 0.1) is 9.35 Å². The third-order valence-electron chi connectivity index (χ3n) is 2.33. The van der Waals surface area contributed by atoms with Crippen LogP contribution in [0, 0.1) is 12.7 Å².